The van der Waals surface area contributed by atoms with Gasteiger partial charge in [-0.15, -0.1) is 0 Å². The van der Waals surface area contributed by atoms with Crippen LogP contribution in [0.25, 0.3) is 0 Å². The summed E-state index contributed by atoms with van der Waals surface area (Å²) < 4.78 is 10.2. The molecule has 0 saturated carbocycles. The summed E-state index contributed by atoms with van der Waals surface area (Å²) in [5.74, 6) is 0.367. The number of nitrogens with one attached hydrogen (secondary N) is 2. The lowest BCUT2D eigenvalue weighted by Crippen LogP contribution is -2.32. The number of para-hydroxylation sites is 1. The minimum Gasteiger partial charge on any atom is -0.496 e. The van der Waals surface area contributed by atoms with Crippen molar-refractivity contribution in [3.63, 3.8) is 0 Å². The summed E-state index contributed by atoms with van der Waals surface area (Å²) in [6.45, 7) is 2.26. The Morgan fingerprint density at radius 1 is 1.25 bits per heavy atom. The standard InChI is InChI=1S/C18H22N2O4/c1-3-15(14-6-4-5-7-16(14)23-2)20-17(21)8-10-19-18(22)13-9-11-24-12-13/h4-7,9,11-12,15H,3,8,10H2,1-2H3,(H,19,22)(H,20,21). The van der Waals surface area contributed by atoms with E-state index >= 15 is 0 Å². The molecule has 1 atom stereocenters. The van der Waals surface area contributed by atoms with Gasteiger partial charge in [0.2, 0.25) is 5.91 Å². The zero-order valence-electron chi connectivity index (χ0n) is 13.9. The van der Waals surface area contributed by atoms with E-state index in [0.717, 1.165) is 17.7 Å². The molecular formula is C18H22N2O4. The number of benzene rings is 1. The highest BCUT2D eigenvalue weighted by Crippen LogP contribution is 2.26. The predicted octanol–water partition coefficient (Wildman–Crippen LogP) is 2.68. The van der Waals surface area contributed by atoms with E-state index in [-0.39, 0.29) is 30.8 Å². The molecule has 0 spiro atoms. The normalized spacial score (nSPS) is 11.6. The zero-order chi connectivity index (χ0) is 17.4. The van der Waals surface area contributed by atoms with Crippen LogP contribution in [0.3, 0.4) is 0 Å². The maximum Gasteiger partial charge on any atom is 0.254 e. The molecule has 1 unspecified atom stereocenters. The van der Waals surface area contributed by atoms with Crippen LogP contribution in [0.2, 0.25) is 0 Å². The Kier molecular flexibility index (Phi) is 6.42. The van der Waals surface area contributed by atoms with Crippen molar-refractivity contribution in [2.45, 2.75) is 25.8 Å². The lowest BCUT2D eigenvalue weighted by atomic mass is 10.0. The van der Waals surface area contributed by atoms with Crippen molar-refractivity contribution in [2.75, 3.05) is 13.7 Å². The molecule has 6 heteroatoms. The number of rotatable bonds is 8. The molecular weight excluding hydrogens is 308 g/mol. The Labute approximate surface area is 141 Å². The van der Waals surface area contributed by atoms with Crippen LogP contribution in [-0.2, 0) is 4.79 Å². The first-order chi connectivity index (χ1) is 11.7. The van der Waals surface area contributed by atoms with Gasteiger partial charge in [-0.05, 0) is 18.6 Å². The largest absolute Gasteiger partial charge is 0.496 e. The number of amides is 2. The smallest absolute Gasteiger partial charge is 0.254 e. The van der Waals surface area contributed by atoms with Gasteiger partial charge in [0.15, 0.2) is 0 Å². The molecule has 2 N–H and O–H groups in total. The van der Waals surface area contributed by atoms with Crippen LogP contribution in [-0.4, -0.2) is 25.5 Å². The van der Waals surface area contributed by atoms with Gasteiger partial charge in [0, 0.05) is 18.5 Å². The second-order valence-electron chi connectivity index (χ2n) is 5.29. The average molecular weight is 330 g/mol. The lowest BCUT2D eigenvalue weighted by molar-refractivity contribution is -0.121. The minimum atomic E-state index is -0.256. The van der Waals surface area contributed by atoms with Crippen molar-refractivity contribution < 1.29 is 18.7 Å². The molecule has 1 heterocycles. The van der Waals surface area contributed by atoms with Crippen LogP contribution >= 0.6 is 0 Å². The van der Waals surface area contributed by atoms with Gasteiger partial charge in [-0.3, -0.25) is 9.59 Å². The monoisotopic (exact) mass is 330 g/mol. The highest BCUT2D eigenvalue weighted by Gasteiger charge is 2.16. The summed E-state index contributed by atoms with van der Waals surface area (Å²) in [7, 11) is 1.61. The molecule has 24 heavy (non-hydrogen) atoms. The SMILES string of the molecule is CCC(NC(=O)CCNC(=O)c1ccoc1)c1ccccc1OC. The molecule has 2 rings (SSSR count). The van der Waals surface area contributed by atoms with Crippen LogP contribution < -0.4 is 15.4 Å². The summed E-state index contributed by atoms with van der Waals surface area (Å²) >= 11 is 0. The number of carbonyl (C=O) groups excluding carboxylic acids is 2. The fraction of sp³-hybridized carbons (Fsp3) is 0.333. The highest BCUT2D eigenvalue weighted by atomic mass is 16.5. The summed E-state index contributed by atoms with van der Waals surface area (Å²) in [6.07, 6.45) is 3.74. The topological polar surface area (TPSA) is 80.6 Å². The highest BCUT2D eigenvalue weighted by molar-refractivity contribution is 5.94. The van der Waals surface area contributed by atoms with Crippen LogP contribution in [0.15, 0.2) is 47.3 Å². The Hall–Kier alpha value is -2.76. The Morgan fingerprint density at radius 2 is 2.04 bits per heavy atom. The van der Waals surface area contributed by atoms with Gasteiger partial charge in [0.05, 0.1) is 25.0 Å². The Bertz CT molecular complexity index is 667. The van der Waals surface area contributed by atoms with E-state index in [2.05, 4.69) is 10.6 Å². The van der Waals surface area contributed by atoms with Crippen molar-refractivity contribution in [1.82, 2.24) is 10.6 Å². The summed E-state index contributed by atoms with van der Waals surface area (Å²) in [5.41, 5.74) is 1.38. The molecule has 6 nitrogen and oxygen atoms in total. The molecule has 1 aromatic carbocycles. The van der Waals surface area contributed by atoms with Crippen LogP contribution in [0.4, 0.5) is 0 Å². The molecule has 2 amide bonds. The number of methoxy groups -OCH3 is 1. The molecule has 0 fully saturated rings. The van der Waals surface area contributed by atoms with Crippen LogP contribution in [0.5, 0.6) is 5.75 Å². The third-order valence-corrected chi connectivity index (χ3v) is 3.68. The quantitative estimate of drug-likeness (QED) is 0.780. The van der Waals surface area contributed by atoms with Crippen molar-refractivity contribution in [2.24, 2.45) is 0 Å². The fourth-order valence-corrected chi connectivity index (χ4v) is 2.41. The van der Waals surface area contributed by atoms with E-state index in [1.54, 1.807) is 13.2 Å². The molecule has 0 radical (unpaired) electrons. The summed E-state index contributed by atoms with van der Waals surface area (Å²) in [5, 5.41) is 5.66. The van der Waals surface area contributed by atoms with E-state index in [9.17, 15) is 9.59 Å². The third-order valence-electron chi connectivity index (χ3n) is 3.68. The van der Waals surface area contributed by atoms with Crippen LogP contribution in [0.1, 0.15) is 41.7 Å². The lowest BCUT2D eigenvalue weighted by Gasteiger charge is -2.20. The Balaban J connectivity index is 1.85. The van der Waals surface area contributed by atoms with Gasteiger partial charge in [-0.1, -0.05) is 25.1 Å². The molecule has 0 bridgehead atoms. The van der Waals surface area contributed by atoms with Gasteiger partial charge in [0.1, 0.15) is 12.0 Å². The molecule has 0 aliphatic heterocycles. The van der Waals surface area contributed by atoms with Crippen molar-refractivity contribution in [1.29, 1.82) is 0 Å². The molecule has 0 saturated heterocycles. The molecule has 2 aromatic rings. The third kappa shape index (κ3) is 4.62. The number of hydrogen-bond donors (Lipinski definition) is 2. The Morgan fingerprint density at radius 3 is 2.71 bits per heavy atom. The fourth-order valence-electron chi connectivity index (χ4n) is 2.41. The van der Waals surface area contributed by atoms with Gasteiger partial charge in [-0.25, -0.2) is 0 Å². The number of hydrogen-bond acceptors (Lipinski definition) is 4. The first-order valence-electron chi connectivity index (χ1n) is 7.88. The zero-order valence-corrected chi connectivity index (χ0v) is 13.9. The first-order valence-corrected chi connectivity index (χ1v) is 7.88. The van der Waals surface area contributed by atoms with Crippen LogP contribution in [0, 0.1) is 0 Å². The van der Waals surface area contributed by atoms with Gasteiger partial charge in [0.25, 0.3) is 5.91 Å². The number of furan rings is 1. The maximum atomic E-state index is 12.1. The van der Waals surface area contributed by atoms with Crippen molar-refractivity contribution in [3.8, 4) is 5.75 Å². The average Bonchev–Trinajstić information content (AvgIpc) is 3.14. The van der Waals surface area contributed by atoms with E-state index in [4.69, 9.17) is 9.15 Å². The minimum absolute atomic E-state index is 0.125. The van der Waals surface area contributed by atoms with Crippen molar-refractivity contribution >= 4 is 11.8 Å². The maximum absolute atomic E-state index is 12.1. The van der Waals surface area contributed by atoms with Gasteiger partial charge in [-0.2, -0.15) is 0 Å². The van der Waals surface area contributed by atoms with E-state index in [1.807, 2.05) is 31.2 Å². The summed E-state index contributed by atoms with van der Waals surface area (Å²) in [6, 6.07) is 9.06. The van der Waals surface area contributed by atoms with Crippen molar-refractivity contribution in [3.05, 3.63) is 54.0 Å². The van der Waals surface area contributed by atoms with Gasteiger partial charge < -0.3 is 19.8 Å². The van der Waals surface area contributed by atoms with Gasteiger partial charge >= 0.3 is 0 Å². The molecule has 1 aromatic heterocycles. The van der Waals surface area contributed by atoms with E-state index in [1.165, 1.54) is 12.5 Å². The number of ether oxygens (including phenoxy) is 1. The van der Waals surface area contributed by atoms with E-state index in [0.29, 0.717) is 5.56 Å². The first kappa shape index (κ1) is 17.6. The second kappa shape index (κ2) is 8.76. The summed E-state index contributed by atoms with van der Waals surface area (Å²) in [4.78, 5) is 23.9. The molecule has 0 aliphatic rings. The predicted molar refractivity (Wildman–Crippen MR) is 89.8 cm³/mol. The molecule has 128 valence electrons. The van der Waals surface area contributed by atoms with E-state index < -0.39 is 0 Å². The number of carbonyl (C=O) groups is 2. The molecule has 0 aliphatic carbocycles. The second-order valence-corrected chi connectivity index (χ2v) is 5.29.